The molecule has 1 N–H and O–H groups in total. The van der Waals surface area contributed by atoms with Gasteiger partial charge in [0.15, 0.2) is 10.6 Å². The van der Waals surface area contributed by atoms with Gasteiger partial charge in [0.05, 0.1) is 0 Å². The van der Waals surface area contributed by atoms with E-state index in [4.69, 9.17) is 12.2 Å². The van der Waals surface area contributed by atoms with Crippen molar-refractivity contribution in [1.29, 1.82) is 0 Å². The fourth-order valence-corrected chi connectivity index (χ4v) is 2.68. The van der Waals surface area contributed by atoms with E-state index in [0.29, 0.717) is 10.8 Å². The second-order valence-electron chi connectivity index (χ2n) is 5.63. The Balaban J connectivity index is 2.19. The van der Waals surface area contributed by atoms with Crippen LogP contribution in [0.4, 0.5) is 0 Å². The highest BCUT2D eigenvalue weighted by Gasteiger charge is 2.14. The number of rotatable bonds is 6. The van der Waals surface area contributed by atoms with Gasteiger partial charge in [-0.3, -0.25) is 14.6 Å². The van der Waals surface area contributed by atoms with Gasteiger partial charge in [0.2, 0.25) is 0 Å². The molecule has 4 nitrogen and oxygen atoms in total. The molecule has 0 aliphatic rings. The van der Waals surface area contributed by atoms with E-state index in [-0.39, 0.29) is 0 Å². The normalized spacial score (nSPS) is 12.8. The first-order valence-electron chi connectivity index (χ1n) is 7.17. The largest absolute Gasteiger partial charge is 0.297 e. The van der Waals surface area contributed by atoms with E-state index in [0.717, 1.165) is 23.7 Å². The fraction of sp³-hybridized carbons (Fsp3) is 0.533. The second-order valence-corrected chi connectivity index (χ2v) is 6.02. The molecular formula is C15H22N4S. The summed E-state index contributed by atoms with van der Waals surface area (Å²) in [6, 6.07) is 4.27. The van der Waals surface area contributed by atoms with Crippen molar-refractivity contribution in [3.8, 4) is 11.4 Å². The third-order valence-corrected chi connectivity index (χ3v) is 3.78. The van der Waals surface area contributed by atoms with Crippen molar-refractivity contribution in [2.75, 3.05) is 0 Å². The molecule has 0 aliphatic carbocycles. The van der Waals surface area contributed by atoms with Crippen molar-refractivity contribution in [2.45, 2.75) is 46.1 Å². The summed E-state index contributed by atoms with van der Waals surface area (Å²) in [4.78, 5) is 4.05. The molecule has 20 heavy (non-hydrogen) atoms. The summed E-state index contributed by atoms with van der Waals surface area (Å²) in [5.41, 5.74) is 1.04. The molecule has 2 heterocycles. The number of aromatic amines is 1. The highest BCUT2D eigenvalue weighted by Crippen LogP contribution is 2.24. The summed E-state index contributed by atoms with van der Waals surface area (Å²) in [6.07, 6.45) is 7.13. The van der Waals surface area contributed by atoms with Crippen LogP contribution in [0.3, 0.4) is 0 Å². The van der Waals surface area contributed by atoms with Crippen LogP contribution in [-0.2, 0) is 0 Å². The Kier molecular flexibility index (Phi) is 5.06. The van der Waals surface area contributed by atoms with Crippen molar-refractivity contribution in [2.24, 2.45) is 5.92 Å². The molecule has 0 amide bonds. The molecular weight excluding hydrogens is 268 g/mol. The van der Waals surface area contributed by atoms with E-state index >= 15 is 0 Å². The monoisotopic (exact) mass is 290 g/mol. The number of nitrogens with zero attached hydrogens (tertiary/aromatic N) is 3. The molecule has 0 aromatic carbocycles. The van der Waals surface area contributed by atoms with Crippen LogP contribution in [0, 0.1) is 10.7 Å². The van der Waals surface area contributed by atoms with Gasteiger partial charge in [0, 0.05) is 24.0 Å². The Labute approximate surface area is 125 Å². The van der Waals surface area contributed by atoms with Crippen molar-refractivity contribution in [1.82, 2.24) is 19.7 Å². The molecule has 0 fully saturated rings. The highest BCUT2D eigenvalue weighted by atomic mass is 32.1. The standard InChI is InChI=1S/C15H22N4S/c1-11(2)5-4-6-12(3)19-14(17-18-15(19)20)13-7-9-16-10-8-13/h7-12H,4-6H2,1-3H3,(H,18,20). The first-order chi connectivity index (χ1) is 9.59. The van der Waals surface area contributed by atoms with Crippen LogP contribution >= 0.6 is 12.2 Å². The van der Waals surface area contributed by atoms with E-state index in [1.165, 1.54) is 12.8 Å². The maximum Gasteiger partial charge on any atom is 0.195 e. The molecule has 0 saturated heterocycles. The van der Waals surface area contributed by atoms with Gasteiger partial charge in [0.1, 0.15) is 0 Å². The third kappa shape index (κ3) is 3.54. The van der Waals surface area contributed by atoms with Crippen molar-refractivity contribution in [3.05, 3.63) is 29.3 Å². The number of nitrogens with one attached hydrogen (secondary N) is 1. The van der Waals surface area contributed by atoms with E-state index < -0.39 is 0 Å². The topological polar surface area (TPSA) is 46.5 Å². The Morgan fingerprint density at radius 2 is 1.90 bits per heavy atom. The lowest BCUT2D eigenvalue weighted by Gasteiger charge is -2.16. The predicted octanol–water partition coefficient (Wildman–Crippen LogP) is 4.39. The van der Waals surface area contributed by atoms with Gasteiger partial charge >= 0.3 is 0 Å². The van der Waals surface area contributed by atoms with Gasteiger partial charge in [-0.2, -0.15) is 5.10 Å². The Morgan fingerprint density at radius 1 is 1.20 bits per heavy atom. The van der Waals surface area contributed by atoms with Gasteiger partial charge in [-0.25, -0.2) is 0 Å². The summed E-state index contributed by atoms with van der Waals surface area (Å²) in [5.74, 6) is 1.65. The SMILES string of the molecule is CC(C)CCCC(C)n1c(-c2ccncc2)n[nH]c1=S. The Hall–Kier alpha value is -1.49. The molecule has 5 heteroatoms. The third-order valence-electron chi connectivity index (χ3n) is 3.49. The Bertz CT molecular complexity index is 585. The van der Waals surface area contributed by atoms with Crippen LogP contribution in [0.2, 0.25) is 0 Å². The zero-order valence-electron chi connectivity index (χ0n) is 12.3. The molecule has 1 atom stereocenters. The quantitative estimate of drug-likeness (QED) is 0.803. The van der Waals surface area contributed by atoms with Gasteiger partial charge in [0.25, 0.3) is 0 Å². The number of H-pyrrole nitrogens is 1. The highest BCUT2D eigenvalue weighted by molar-refractivity contribution is 7.71. The average molecular weight is 290 g/mol. The lowest BCUT2D eigenvalue weighted by molar-refractivity contribution is 0.446. The smallest absolute Gasteiger partial charge is 0.195 e. The van der Waals surface area contributed by atoms with Crippen molar-refractivity contribution in [3.63, 3.8) is 0 Å². The van der Waals surface area contributed by atoms with Crippen LogP contribution in [0.15, 0.2) is 24.5 Å². The van der Waals surface area contributed by atoms with Crippen molar-refractivity contribution < 1.29 is 0 Å². The minimum absolute atomic E-state index is 0.350. The zero-order chi connectivity index (χ0) is 14.5. The second kappa shape index (κ2) is 6.79. The molecule has 0 radical (unpaired) electrons. The predicted molar refractivity (Wildman–Crippen MR) is 84.0 cm³/mol. The molecule has 0 spiro atoms. The maximum atomic E-state index is 5.38. The number of hydrogen-bond donors (Lipinski definition) is 1. The molecule has 0 saturated carbocycles. The minimum Gasteiger partial charge on any atom is -0.297 e. The summed E-state index contributed by atoms with van der Waals surface area (Å²) in [7, 11) is 0. The molecule has 0 aliphatic heterocycles. The maximum absolute atomic E-state index is 5.38. The van der Waals surface area contributed by atoms with E-state index in [1.54, 1.807) is 12.4 Å². The zero-order valence-corrected chi connectivity index (χ0v) is 13.2. The van der Waals surface area contributed by atoms with E-state index in [1.807, 2.05) is 12.1 Å². The summed E-state index contributed by atoms with van der Waals surface area (Å²) in [6.45, 7) is 6.73. The van der Waals surface area contributed by atoms with E-state index in [2.05, 4.69) is 40.5 Å². The number of aromatic nitrogens is 4. The Morgan fingerprint density at radius 3 is 2.55 bits per heavy atom. The first-order valence-corrected chi connectivity index (χ1v) is 7.57. The molecule has 1 unspecified atom stereocenters. The molecule has 108 valence electrons. The fourth-order valence-electron chi connectivity index (χ4n) is 2.37. The molecule has 2 rings (SSSR count). The number of pyridine rings is 1. The summed E-state index contributed by atoms with van der Waals surface area (Å²) < 4.78 is 2.80. The molecule has 2 aromatic rings. The van der Waals surface area contributed by atoms with Crippen LogP contribution < -0.4 is 0 Å². The average Bonchev–Trinajstić information content (AvgIpc) is 2.81. The van der Waals surface area contributed by atoms with Crippen LogP contribution in [-0.4, -0.2) is 19.7 Å². The lowest BCUT2D eigenvalue weighted by atomic mass is 10.0. The van der Waals surface area contributed by atoms with Gasteiger partial charge in [-0.1, -0.05) is 26.7 Å². The molecule has 2 aromatic heterocycles. The van der Waals surface area contributed by atoms with Crippen LogP contribution in [0.5, 0.6) is 0 Å². The molecule has 0 bridgehead atoms. The summed E-state index contributed by atoms with van der Waals surface area (Å²) in [5, 5.41) is 7.28. The van der Waals surface area contributed by atoms with Crippen LogP contribution in [0.1, 0.15) is 46.1 Å². The van der Waals surface area contributed by atoms with Crippen LogP contribution in [0.25, 0.3) is 11.4 Å². The summed E-state index contributed by atoms with van der Waals surface area (Å²) >= 11 is 5.38. The van der Waals surface area contributed by atoms with Gasteiger partial charge in [-0.05, 0) is 43.6 Å². The first kappa shape index (κ1) is 14.9. The number of hydrogen-bond acceptors (Lipinski definition) is 3. The van der Waals surface area contributed by atoms with Gasteiger partial charge in [-0.15, -0.1) is 0 Å². The lowest BCUT2D eigenvalue weighted by Crippen LogP contribution is -2.08. The van der Waals surface area contributed by atoms with Crippen molar-refractivity contribution >= 4 is 12.2 Å². The minimum atomic E-state index is 0.350. The van der Waals surface area contributed by atoms with Gasteiger partial charge < -0.3 is 0 Å². The van der Waals surface area contributed by atoms with E-state index in [9.17, 15) is 0 Å².